The summed E-state index contributed by atoms with van der Waals surface area (Å²) in [6.45, 7) is 6.61. The Morgan fingerprint density at radius 2 is 1.69 bits per heavy atom. The normalized spacial score (nSPS) is 18.4. The van der Waals surface area contributed by atoms with Crippen molar-refractivity contribution in [1.82, 2.24) is 4.90 Å². The van der Waals surface area contributed by atoms with E-state index >= 15 is 0 Å². The summed E-state index contributed by atoms with van der Waals surface area (Å²) < 4.78 is 15.1. The van der Waals surface area contributed by atoms with Gasteiger partial charge in [0.15, 0.2) is 0 Å². The lowest BCUT2D eigenvalue weighted by atomic mass is 10.0. The van der Waals surface area contributed by atoms with E-state index in [0.717, 1.165) is 18.8 Å². The van der Waals surface area contributed by atoms with Crippen LogP contribution in [0.1, 0.15) is 44.2 Å². The summed E-state index contributed by atoms with van der Waals surface area (Å²) in [4.78, 5) is 24.2. The summed E-state index contributed by atoms with van der Waals surface area (Å²) in [5, 5.41) is 0. The fraction of sp³-hybridized carbons (Fsp3) is 0.455. The molecule has 1 saturated heterocycles. The van der Waals surface area contributed by atoms with Gasteiger partial charge in [0.2, 0.25) is 0 Å². The summed E-state index contributed by atoms with van der Waals surface area (Å²) in [6.07, 6.45) is 4.92. The molecule has 2 aromatic rings. The van der Waals surface area contributed by atoms with E-state index in [0.29, 0.717) is 12.1 Å². The Hall–Kier alpha value is -1.69. The van der Waals surface area contributed by atoms with Gasteiger partial charge >= 0.3 is 7.82 Å². The van der Waals surface area contributed by atoms with Crippen LogP contribution in [0.5, 0.6) is 5.75 Å². The quantitative estimate of drug-likeness (QED) is 0.611. The van der Waals surface area contributed by atoms with E-state index in [1.165, 1.54) is 36.9 Å². The zero-order chi connectivity index (χ0) is 21.3. The third-order valence-corrected chi connectivity index (χ3v) is 5.11. The fourth-order valence-electron chi connectivity index (χ4n) is 3.69. The molecule has 0 amide bonds. The lowest BCUT2D eigenvalue weighted by molar-refractivity contribution is 0.0814. The largest absolute Gasteiger partial charge is 0.492 e. The number of hydrogen-bond donors (Lipinski definition) is 3. The van der Waals surface area contributed by atoms with E-state index in [9.17, 15) is 0 Å². The number of benzene rings is 2. The first-order valence-corrected chi connectivity index (χ1v) is 11.6. The van der Waals surface area contributed by atoms with Crippen molar-refractivity contribution in [3.05, 3.63) is 65.7 Å². The summed E-state index contributed by atoms with van der Waals surface area (Å²) >= 11 is 0. The molecule has 1 unspecified atom stereocenters. The van der Waals surface area contributed by atoms with Crippen molar-refractivity contribution in [3.63, 3.8) is 0 Å². The van der Waals surface area contributed by atoms with Crippen LogP contribution < -0.4 is 4.74 Å². The van der Waals surface area contributed by atoms with E-state index in [4.69, 9.17) is 24.0 Å². The van der Waals surface area contributed by atoms with Crippen molar-refractivity contribution in [2.75, 3.05) is 13.2 Å². The lowest BCUT2D eigenvalue weighted by Crippen LogP contribution is -2.46. The average Bonchev–Trinajstić information content (AvgIpc) is 2.67. The molecule has 0 aliphatic carbocycles. The molecule has 160 valence electrons. The maximum absolute atomic E-state index is 8.88. The van der Waals surface area contributed by atoms with Crippen molar-refractivity contribution in [2.24, 2.45) is 0 Å². The highest BCUT2D eigenvalue weighted by Gasteiger charge is 2.23. The Kier molecular flexibility index (Phi) is 9.34. The van der Waals surface area contributed by atoms with Crippen molar-refractivity contribution in [1.29, 1.82) is 0 Å². The Bertz CT molecular complexity index is 772. The van der Waals surface area contributed by atoms with Gasteiger partial charge in [-0.3, -0.25) is 4.90 Å². The number of ether oxygens (including phenoxy) is 1. The molecule has 3 rings (SSSR count). The predicted octanol–water partition coefficient (Wildman–Crippen LogP) is 3.99. The third-order valence-electron chi connectivity index (χ3n) is 5.11. The van der Waals surface area contributed by atoms with E-state index in [1.54, 1.807) is 0 Å². The second kappa shape index (κ2) is 11.5. The molecule has 1 heterocycles. The number of para-hydroxylation sites is 1. The van der Waals surface area contributed by atoms with Crippen LogP contribution in [0.2, 0.25) is 0 Å². The number of likely N-dealkylation sites (tertiary alicyclic amines) is 1. The second-order valence-corrected chi connectivity index (χ2v) is 8.55. The molecule has 1 aliphatic heterocycles. The maximum atomic E-state index is 8.88. The molecule has 6 nitrogen and oxygen atoms in total. The standard InChI is InChI=1S/C22H29NO.H3O4P/c1-18-10-8-9-15-23(18)19(2)17-24-22-14-7-6-13-21(22)16-20-11-4-3-5-12-20;1-5(2,3)4/h3-7,11-14,18-19H,8-10,15-17H2,1-2H3;(H3,1,2,3,4)/t18-,19?;/m1./s1. The zero-order valence-electron chi connectivity index (χ0n) is 17.1. The van der Waals surface area contributed by atoms with Crippen LogP contribution in [0.25, 0.3) is 0 Å². The van der Waals surface area contributed by atoms with Crippen molar-refractivity contribution >= 4 is 7.82 Å². The van der Waals surface area contributed by atoms with Gasteiger partial charge in [0.25, 0.3) is 0 Å². The number of hydrogen-bond acceptors (Lipinski definition) is 3. The molecule has 29 heavy (non-hydrogen) atoms. The summed E-state index contributed by atoms with van der Waals surface area (Å²) in [5.41, 5.74) is 2.59. The second-order valence-electron chi connectivity index (χ2n) is 7.53. The minimum absolute atomic E-state index is 0.463. The van der Waals surface area contributed by atoms with Gasteiger partial charge in [0.05, 0.1) is 0 Å². The van der Waals surface area contributed by atoms with Crippen LogP contribution in [0, 0.1) is 0 Å². The van der Waals surface area contributed by atoms with Gasteiger partial charge in [-0.1, -0.05) is 55.0 Å². The molecular weight excluding hydrogens is 389 g/mol. The first-order chi connectivity index (χ1) is 13.7. The van der Waals surface area contributed by atoms with Crippen LogP contribution in [0.4, 0.5) is 0 Å². The fourth-order valence-corrected chi connectivity index (χ4v) is 3.69. The van der Waals surface area contributed by atoms with Crippen LogP contribution in [-0.4, -0.2) is 44.8 Å². The molecule has 2 atom stereocenters. The third kappa shape index (κ3) is 9.11. The molecular formula is C22H32NO5P. The monoisotopic (exact) mass is 421 g/mol. The van der Waals surface area contributed by atoms with Gasteiger partial charge in [-0.25, -0.2) is 4.57 Å². The van der Waals surface area contributed by atoms with Gasteiger partial charge in [-0.15, -0.1) is 0 Å². The zero-order valence-corrected chi connectivity index (χ0v) is 18.0. The highest BCUT2D eigenvalue weighted by atomic mass is 31.2. The number of piperidine rings is 1. The molecule has 3 N–H and O–H groups in total. The van der Waals surface area contributed by atoms with Crippen molar-refractivity contribution < 1.29 is 24.0 Å². The molecule has 1 fully saturated rings. The SMILES string of the molecule is CC(COc1ccccc1Cc1ccccc1)N1CCCC[C@H]1C.O=P(O)(O)O. The minimum Gasteiger partial charge on any atom is -0.492 e. The van der Waals surface area contributed by atoms with E-state index < -0.39 is 7.82 Å². The Morgan fingerprint density at radius 3 is 2.34 bits per heavy atom. The van der Waals surface area contributed by atoms with Gasteiger partial charge < -0.3 is 19.4 Å². The molecule has 0 aromatic heterocycles. The van der Waals surface area contributed by atoms with Gasteiger partial charge in [-0.2, -0.15) is 0 Å². The van der Waals surface area contributed by atoms with Crippen molar-refractivity contribution in [3.8, 4) is 5.75 Å². The minimum atomic E-state index is -4.64. The first kappa shape index (κ1) is 23.6. The maximum Gasteiger partial charge on any atom is 0.466 e. The van der Waals surface area contributed by atoms with E-state index in [1.807, 2.05) is 0 Å². The molecule has 2 aromatic carbocycles. The Morgan fingerprint density at radius 1 is 1.07 bits per heavy atom. The first-order valence-electron chi connectivity index (χ1n) is 10.0. The summed E-state index contributed by atoms with van der Waals surface area (Å²) in [7, 11) is -4.64. The van der Waals surface area contributed by atoms with Crippen LogP contribution in [-0.2, 0) is 11.0 Å². The molecule has 0 saturated carbocycles. The van der Waals surface area contributed by atoms with Crippen LogP contribution in [0.3, 0.4) is 0 Å². The molecule has 0 radical (unpaired) electrons. The summed E-state index contributed by atoms with van der Waals surface area (Å²) in [6, 6.07) is 20.2. The smallest absolute Gasteiger partial charge is 0.466 e. The Balaban J connectivity index is 0.000000537. The molecule has 7 heteroatoms. The van der Waals surface area contributed by atoms with Crippen molar-refractivity contribution in [2.45, 2.75) is 51.6 Å². The summed E-state index contributed by atoms with van der Waals surface area (Å²) in [5.74, 6) is 1.03. The predicted molar refractivity (Wildman–Crippen MR) is 115 cm³/mol. The van der Waals surface area contributed by atoms with Gasteiger partial charge in [-0.05, 0) is 50.4 Å². The van der Waals surface area contributed by atoms with Crippen LogP contribution in [0.15, 0.2) is 54.6 Å². The average molecular weight is 421 g/mol. The highest BCUT2D eigenvalue weighted by molar-refractivity contribution is 7.45. The lowest BCUT2D eigenvalue weighted by Gasteiger charge is -2.37. The van der Waals surface area contributed by atoms with Gasteiger partial charge in [0.1, 0.15) is 12.4 Å². The molecule has 1 aliphatic rings. The number of phosphoric acid groups is 1. The van der Waals surface area contributed by atoms with E-state index in [-0.39, 0.29) is 0 Å². The number of rotatable bonds is 6. The Labute approximate surface area is 173 Å². The topological polar surface area (TPSA) is 90.2 Å². The molecule has 0 bridgehead atoms. The molecule has 0 spiro atoms. The number of nitrogens with zero attached hydrogens (tertiary/aromatic N) is 1. The van der Waals surface area contributed by atoms with E-state index in [2.05, 4.69) is 73.3 Å². The van der Waals surface area contributed by atoms with Crippen LogP contribution >= 0.6 is 7.82 Å². The van der Waals surface area contributed by atoms with Gasteiger partial charge in [0, 0.05) is 18.5 Å². The highest BCUT2D eigenvalue weighted by Crippen LogP contribution is 2.26.